The van der Waals surface area contributed by atoms with Crippen LogP contribution in [-0.2, 0) is 20.6 Å². The van der Waals surface area contributed by atoms with E-state index < -0.39 is 10.0 Å². The Balaban J connectivity index is 1.58. The van der Waals surface area contributed by atoms with Crippen LogP contribution in [0.5, 0.6) is 5.75 Å². The fourth-order valence-corrected chi connectivity index (χ4v) is 5.88. The second kappa shape index (κ2) is 10.5. The van der Waals surface area contributed by atoms with Gasteiger partial charge in [-0.2, -0.15) is 0 Å². The highest BCUT2D eigenvalue weighted by atomic mass is 32.2. The molecule has 1 fully saturated rings. The van der Waals surface area contributed by atoms with E-state index in [-0.39, 0.29) is 23.6 Å². The summed E-state index contributed by atoms with van der Waals surface area (Å²) in [7, 11) is -1.75. The van der Waals surface area contributed by atoms with Gasteiger partial charge >= 0.3 is 0 Å². The Morgan fingerprint density at radius 1 is 1.16 bits per heavy atom. The smallest absolute Gasteiger partial charge is 0.223 e. The van der Waals surface area contributed by atoms with Crippen LogP contribution in [0.3, 0.4) is 0 Å². The SMILES string of the molecule is CC[C@H](NC(=O)C1CCN(S(=O)(=O)Cc2cccc(C)c2)CC1)c1ccc(OC)c(C)c1. The minimum absolute atomic E-state index is 0.000270. The second-order valence-electron chi connectivity index (χ2n) is 8.62. The van der Waals surface area contributed by atoms with Gasteiger partial charge < -0.3 is 10.1 Å². The summed E-state index contributed by atoms with van der Waals surface area (Å²) in [6.45, 7) is 6.75. The van der Waals surface area contributed by atoms with Crippen LogP contribution in [0.15, 0.2) is 42.5 Å². The number of amides is 1. The van der Waals surface area contributed by atoms with Crippen LogP contribution < -0.4 is 10.1 Å². The molecule has 1 amide bonds. The van der Waals surface area contributed by atoms with Gasteiger partial charge in [-0.25, -0.2) is 12.7 Å². The molecule has 0 unspecified atom stereocenters. The molecule has 6 nitrogen and oxygen atoms in total. The van der Waals surface area contributed by atoms with Gasteiger partial charge in [0, 0.05) is 19.0 Å². The number of nitrogens with one attached hydrogen (secondary N) is 1. The fourth-order valence-electron chi connectivity index (χ4n) is 4.33. The number of carbonyl (C=O) groups is 1. The van der Waals surface area contributed by atoms with Crippen molar-refractivity contribution >= 4 is 15.9 Å². The van der Waals surface area contributed by atoms with Crippen LogP contribution in [0.1, 0.15) is 54.5 Å². The molecule has 1 heterocycles. The predicted octanol–water partition coefficient (Wildman–Crippen LogP) is 4.12. The van der Waals surface area contributed by atoms with Crippen molar-refractivity contribution in [3.05, 3.63) is 64.7 Å². The molecule has 1 aliphatic rings. The number of carbonyl (C=O) groups excluding carboxylic acids is 1. The molecule has 1 N–H and O–H groups in total. The van der Waals surface area contributed by atoms with Crippen molar-refractivity contribution in [2.75, 3.05) is 20.2 Å². The number of ether oxygens (including phenoxy) is 1. The van der Waals surface area contributed by atoms with Crippen LogP contribution in [0.4, 0.5) is 0 Å². The van der Waals surface area contributed by atoms with Crippen molar-refractivity contribution in [3.63, 3.8) is 0 Å². The van der Waals surface area contributed by atoms with E-state index in [4.69, 9.17) is 4.74 Å². The third-order valence-corrected chi connectivity index (χ3v) is 8.05. The molecular weight excluding hydrogens is 424 g/mol. The lowest BCUT2D eigenvalue weighted by Gasteiger charge is -2.31. The summed E-state index contributed by atoms with van der Waals surface area (Å²) < 4.78 is 32.6. The molecule has 0 aliphatic carbocycles. The van der Waals surface area contributed by atoms with E-state index in [0.717, 1.165) is 34.4 Å². The van der Waals surface area contributed by atoms with E-state index in [0.29, 0.717) is 25.9 Å². The normalized spacial score (nSPS) is 16.5. The average Bonchev–Trinajstić information content (AvgIpc) is 2.77. The quantitative estimate of drug-likeness (QED) is 0.646. The average molecular weight is 459 g/mol. The van der Waals surface area contributed by atoms with Gasteiger partial charge in [-0.15, -0.1) is 0 Å². The summed E-state index contributed by atoms with van der Waals surface area (Å²) in [6.07, 6.45) is 1.86. The van der Waals surface area contributed by atoms with Crippen molar-refractivity contribution in [3.8, 4) is 5.75 Å². The maximum absolute atomic E-state index is 12.9. The molecule has 1 aliphatic heterocycles. The van der Waals surface area contributed by atoms with E-state index >= 15 is 0 Å². The first-order valence-electron chi connectivity index (χ1n) is 11.2. The van der Waals surface area contributed by atoms with Crippen LogP contribution >= 0.6 is 0 Å². The number of piperidine rings is 1. The monoisotopic (exact) mass is 458 g/mol. The van der Waals surface area contributed by atoms with Crippen molar-refractivity contribution in [1.29, 1.82) is 0 Å². The Labute approximate surface area is 192 Å². The largest absolute Gasteiger partial charge is 0.496 e. The van der Waals surface area contributed by atoms with E-state index in [1.54, 1.807) is 7.11 Å². The first-order valence-corrected chi connectivity index (χ1v) is 12.8. The van der Waals surface area contributed by atoms with Gasteiger partial charge in [-0.1, -0.05) is 48.9 Å². The van der Waals surface area contributed by atoms with Gasteiger partial charge in [-0.05, 0) is 55.9 Å². The highest BCUT2D eigenvalue weighted by Gasteiger charge is 2.32. The van der Waals surface area contributed by atoms with Crippen molar-refractivity contribution in [1.82, 2.24) is 9.62 Å². The molecule has 2 aromatic carbocycles. The first kappa shape index (κ1) is 24.3. The number of benzene rings is 2. The van der Waals surface area contributed by atoms with Gasteiger partial charge in [0.05, 0.1) is 18.9 Å². The van der Waals surface area contributed by atoms with Gasteiger partial charge in [0.1, 0.15) is 5.75 Å². The molecule has 0 saturated carbocycles. The van der Waals surface area contributed by atoms with Crippen molar-refractivity contribution in [2.45, 2.75) is 51.8 Å². The zero-order chi connectivity index (χ0) is 23.3. The maximum Gasteiger partial charge on any atom is 0.223 e. The Morgan fingerprint density at radius 3 is 2.47 bits per heavy atom. The number of hydrogen-bond donors (Lipinski definition) is 1. The molecule has 174 valence electrons. The maximum atomic E-state index is 12.9. The highest BCUT2D eigenvalue weighted by molar-refractivity contribution is 7.88. The summed E-state index contributed by atoms with van der Waals surface area (Å²) >= 11 is 0. The van der Waals surface area contributed by atoms with E-state index in [1.807, 2.05) is 63.2 Å². The molecule has 0 spiro atoms. The lowest BCUT2D eigenvalue weighted by atomic mass is 9.95. The number of sulfonamides is 1. The third kappa shape index (κ3) is 5.90. The molecule has 32 heavy (non-hydrogen) atoms. The molecule has 7 heteroatoms. The Bertz CT molecular complexity index is 1040. The van der Waals surface area contributed by atoms with Gasteiger partial charge in [-0.3, -0.25) is 4.79 Å². The highest BCUT2D eigenvalue weighted by Crippen LogP contribution is 2.26. The summed E-state index contributed by atoms with van der Waals surface area (Å²) in [5.74, 6) is 0.657. The number of methoxy groups -OCH3 is 1. The molecule has 2 aromatic rings. The Hall–Kier alpha value is -2.38. The molecule has 1 atom stereocenters. The van der Waals surface area contributed by atoms with Gasteiger partial charge in [0.25, 0.3) is 0 Å². The topological polar surface area (TPSA) is 75.7 Å². The molecule has 3 rings (SSSR count). The third-order valence-electron chi connectivity index (χ3n) is 6.20. The van der Waals surface area contributed by atoms with Crippen LogP contribution in [0, 0.1) is 19.8 Å². The standard InChI is InChI=1S/C25H34N2O4S/c1-5-23(22-9-10-24(31-4)19(3)16-22)26-25(28)21-11-13-27(14-12-21)32(29,30)17-20-8-6-7-18(2)15-20/h6-10,15-16,21,23H,5,11-14,17H2,1-4H3,(H,26,28)/t23-/m0/s1. The molecule has 1 saturated heterocycles. The van der Waals surface area contributed by atoms with Crippen molar-refractivity contribution < 1.29 is 17.9 Å². The lowest BCUT2D eigenvalue weighted by Crippen LogP contribution is -2.44. The second-order valence-corrected chi connectivity index (χ2v) is 10.6. The predicted molar refractivity (Wildman–Crippen MR) is 127 cm³/mol. The molecular formula is C25H34N2O4S. The minimum Gasteiger partial charge on any atom is -0.496 e. The van der Waals surface area contributed by atoms with E-state index in [2.05, 4.69) is 5.32 Å². The minimum atomic E-state index is -3.39. The van der Waals surface area contributed by atoms with Crippen LogP contribution in [0.25, 0.3) is 0 Å². The molecule has 0 aromatic heterocycles. The van der Waals surface area contributed by atoms with Crippen LogP contribution in [0.2, 0.25) is 0 Å². The summed E-state index contributed by atoms with van der Waals surface area (Å²) in [6, 6.07) is 13.5. The van der Waals surface area contributed by atoms with E-state index in [9.17, 15) is 13.2 Å². The Kier molecular flexibility index (Phi) is 7.96. The number of nitrogens with zero attached hydrogens (tertiary/aromatic N) is 1. The van der Waals surface area contributed by atoms with Gasteiger partial charge in [0.15, 0.2) is 0 Å². The molecule has 0 radical (unpaired) electrons. The zero-order valence-electron chi connectivity index (χ0n) is 19.4. The number of rotatable bonds is 8. The Morgan fingerprint density at radius 2 is 1.88 bits per heavy atom. The molecule has 0 bridgehead atoms. The lowest BCUT2D eigenvalue weighted by molar-refractivity contribution is -0.126. The van der Waals surface area contributed by atoms with Crippen molar-refractivity contribution in [2.24, 2.45) is 5.92 Å². The zero-order valence-corrected chi connectivity index (χ0v) is 20.2. The first-order chi connectivity index (χ1) is 15.2. The van der Waals surface area contributed by atoms with E-state index in [1.165, 1.54) is 4.31 Å². The van der Waals surface area contributed by atoms with Gasteiger partial charge in [0.2, 0.25) is 15.9 Å². The summed E-state index contributed by atoms with van der Waals surface area (Å²) in [4.78, 5) is 12.9. The fraction of sp³-hybridized carbons (Fsp3) is 0.480. The summed E-state index contributed by atoms with van der Waals surface area (Å²) in [5, 5.41) is 3.17. The number of aryl methyl sites for hydroxylation is 2. The summed E-state index contributed by atoms with van der Waals surface area (Å²) in [5.41, 5.74) is 3.93. The number of hydrogen-bond acceptors (Lipinski definition) is 4. The van der Waals surface area contributed by atoms with Crippen LogP contribution in [-0.4, -0.2) is 38.8 Å².